The summed E-state index contributed by atoms with van der Waals surface area (Å²) in [5.74, 6) is 1.60. The van der Waals surface area contributed by atoms with Gasteiger partial charge in [0.05, 0.1) is 18.6 Å². The van der Waals surface area contributed by atoms with E-state index in [0.717, 1.165) is 16.7 Å². The smallest absolute Gasteiger partial charge is 0.232 e. The lowest BCUT2D eigenvalue weighted by Gasteiger charge is -2.09. The van der Waals surface area contributed by atoms with Crippen LogP contribution in [0.1, 0.15) is 22.6 Å². The second kappa shape index (κ2) is 9.52. The molecule has 152 valence electrons. The van der Waals surface area contributed by atoms with Gasteiger partial charge in [-0.2, -0.15) is 0 Å². The number of carbonyl (C=O) groups excluding carboxylic acids is 1. The number of amides is 1. The van der Waals surface area contributed by atoms with Crippen LogP contribution in [-0.2, 0) is 27.9 Å². The standard InChI is InChI=1S/C22H24N2O4S/c1-15-8-10-17(11-9-15)22-24-19(16(2)28-22)13-29(26)14-21(25)23-12-18-6-4-5-7-20(18)27-3/h4-11H,12-14H2,1-3H3,(H,23,25)/t29-/m1/s1. The van der Waals surface area contributed by atoms with Gasteiger partial charge in [0.1, 0.15) is 17.3 Å². The predicted octanol–water partition coefficient (Wildman–Crippen LogP) is 3.53. The highest BCUT2D eigenvalue weighted by molar-refractivity contribution is 7.84. The molecule has 0 fully saturated rings. The van der Waals surface area contributed by atoms with Gasteiger partial charge in [0.25, 0.3) is 0 Å². The van der Waals surface area contributed by atoms with Crippen LogP contribution >= 0.6 is 0 Å². The summed E-state index contributed by atoms with van der Waals surface area (Å²) in [6.45, 7) is 4.12. The van der Waals surface area contributed by atoms with Gasteiger partial charge in [0.15, 0.2) is 0 Å². The fraction of sp³-hybridized carbons (Fsp3) is 0.273. The summed E-state index contributed by atoms with van der Waals surface area (Å²) in [6.07, 6.45) is 0. The fourth-order valence-corrected chi connectivity index (χ4v) is 3.89. The number of para-hydroxylation sites is 1. The molecule has 0 bridgehead atoms. The van der Waals surface area contributed by atoms with Gasteiger partial charge in [-0.3, -0.25) is 9.00 Å². The first-order valence-corrected chi connectivity index (χ1v) is 10.7. The zero-order chi connectivity index (χ0) is 20.8. The van der Waals surface area contributed by atoms with Crippen molar-refractivity contribution in [3.05, 3.63) is 71.1 Å². The van der Waals surface area contributed by atoms with Gasteiger partial charge in [0.2, 0.25) is 11.8 Å². The van der Waals surface area contributed by atoms with Crippen molar-refractivity contribution < 1.29 is 18.2 Å². The highest BCUT2D eigenvalue weighted by Crippen LogP contribution is 2.23. The maximum Gasteiger partial charge on any atom is 0.232 e. The Hall–Kier alpha value is -2.93. The average Bonchev–Trinajstić information content (AvgIpc) is 3.07. The minimum Gasteiger partial charge on any atom is -0.496 e. The fourth-order valence-electron chi connectivity index (χ4n) is 2.83. The molecular formula is C22H24N2O4S. The van der Waals surface area contributed by atoms with E-state index in [1.54, 1.807) is 14.0 Å². The van der Waals surface area contributed by atoms with Crippen molar-refractivity contribution in [3.8, 4) is 17.2 Å². The zero-order valence-electron chi connectivity index (χ0n) is 16.7. The van der Waals surface area contributed by atoms with Crippen molar-refractivity contribution >= 4 is 16.7 Å². The summed E-state index contributed by atoms with van der Waals surface area (Å²) >= 11 is 0. The molecule has 0 unspecified atom stereocenters. The molecule has 3 aromatic rings. The van der Waals surface area contributed by atoms with Crippen molar-refractivity contribution in [2.45, 2.75) is 26.1 Å². The van der Waals surface area contributed by atoms with Crippen LogP contribution < -0.4 is 10.1 Å². The second-order valence-electron chi connectivity index (χ2n) is 6.71. The summed E-state index contributed by atoms with van der Waals surface area (Å²) in [5.41, 5.74) is 3.49. The van der Waals surface area contributed by atoms with Gasteiger partial charge in [-0.1, -0.05) is 35.9 Å². The number of nitrogens with zero attached hydrogens (tertiary/aromatic N) is 1. The molecule has 0 aliphatic rings. The summed E-state index contributed by atoms with van der Waals surface area (Å²) in [5, 5.41) is 2.79. The Kier molecular flexibility index (Phi) is 6.82. The Balaban J connectivity index is 1.56. The number of aromatic nitrogens is 1. The Morgan fingerprint density at radius 1 is 1.14 bits per heavy atom. The number of nitrogens with one attached hydrogen (secondary N) is 1. The molecule has 0 radical (unpaired) electrons. The third-order valence-electron chi connectivity index (χ3n) is 4.45. The van der Waals surface area contributed by atoms with E-state index in [4.69, 9.17) is 9.15 Å². The van der Waals surface area contributed by atoms with Gasteiger partial charge in [-0.15, -0.1) is 0 Å². The molecule has 0 spiro atoms. The van der Waals surface area contributed by atoms with Gasteiger partial charge >= 0.3 is 0 Å². The molecule has 6 nitrogen and oxygen atoms in total. The number of aryl methyl sites for hydroxylation is 2. The van der Waals surface area contributed by atoms with Crippen molar-refractivity contribution in [1.29, 1.82) is 0 Å². The number of methoxy groups -OCH3 is 1. The Labute approximate surface area is 172 Å². The maximum atomic E-state index is 12.4. The van der Waals surface area contributed by atoms with E-state index < -0.39 is 10.8 Å². The molecule has 1 amide bonds. The molecule has 0 saturated heterocycles. The van der Waals surface area contributed by atoms with E-state index in [1.807, 2.05) is 55.5 Å². The predicted molar refractivity (Wildman–Crippen MR) is 113 cm³/mol. The van der Waals surface area contributed by atoms with Crippen molar-refractivity contribution in [2.75, 3.05) is 12.9 Å². The van der Waals surface area contributed by atoms with E-state index >= 15 is 0 Å². The highest BCUT2D eigenvalue weighted by atomic mass is 32.2. The molecule has 7 heteroatoms. The summed E-state index contributed by atoms with van der Waals surface area (Å²) in [7, 11) is 0.195. The van der Waals surface area contributed by atoms with Gasteiger partial charge in [-0.05, 0) is 32.0 Å². The van der Waals surface area contributed by atoms with Gasteiger partial charge in [-0.25, -0.2) is 4.98 Å². The molecule has 2 aromatic carbocycles. The third-order valence-corrected chi connectivity index (χ3v) is 5.63. The van der Waals surface area contributed by atoms with Gasteiger partial charge < -0.3 is 14.5 Å². The number of hydrogen-bond acceptors (Lipinski definition) is 5. The van der Waals surface area contributed by atoms with Crippen LogP contribution in [0, 0.1) is 13.8 Å². The number of carbonyl (C=O) groups is 1. The zero-order valence-corrected chi connectivity index (χ0v) is 17.5. The monoisotopic (exact) mass is 412 g/mol. The van der Waals surface area contributed by atoms with Crippen LogP contribution in [0.5, 0.6) is 5.75 Å². The van der Waals surface area contributed by atoms with E-state index in [1.165, 1.54) is 0 Å². The maximum absolute atomic E-state index is 12.4. The Morgan fingerprint density at radius 3 is 2.59 bits per heavy atom. The van der Waals surface area contributed by atoms with Crippen LogP contribution in [0.15, 0.2) is 52.9 Å². The van der Waals surface area contributed by atoms with Crippen LogP contribution in [0.2, 0.25) is 0 Å². The van der Waals surface area contributed by atoms with E-state index in [9.17, 15) is 9.00 Å². The van der Waals surface area contributed by atoms with Crippen molar-refractivity contribution in [1.82, 2.24) is 10.3 Å². The molecule has 0 aliphatic carbocycles. The van der Waals surface area contributed by atoms with Crippen molar-refractivity contribution in [3.63, 3.8) is 0 Å². The van der Waals surface area contributed by atoms with E-state index in [-0.39, 0.29) is 17.4 Å². The lowest BCUT2D eigenvalue weighted by atomic mass is 10.1. The molecule has 1 heterocycles. The summed E-state index contributed by atoms with van der Waals surface area (Å²) < 4.78 is 23.4. The number of benzene rings is 2. The van der Waals surface area contributed by atoms with E-state index in [2.05, 4.69) is 10.3 Å². The first kappa shape index (κ1) is 20.8. The van der Waals surface area contributed by atoms with E-state index in [0.29, 0.717) is 29.6 Å². The quantitative estimate of drug-likeness (QED) is 0.612. The molecule has 0 aliphatic heterocycles. The SMILES string of the molecule is COc1ccccc1CNC(=O)C[S@](=O)Cc1nc(-c2ccc(C)cc2)oc1C. The third kappa shape index (κ3) is 5.54. The lowest BCUT2D eigenvalue weighted by molar-refractivity contribution is -0.118. The summed E-state index contributed by atoms with van der Waals surface area (Å²) in [6, 6.07) is 15.3. The molecule has 0 saturated carbocycles. The number of oxazole rings is 1. The first-order chi connectivity index (χ1) is 14.0. The number of ether oxygens (including phenoxy) is 1. The molecule has 3 rings (SSSR count). The molecule has 1 atom stereocenters. The van der Waals surface area contributed by atoms with Crippen molar-refractivity contribution in [2.24, 2.45) is 0 Å². The number of hydrogen-bond donors (Lipinski definition) is 1. The normalized spacial score (nSPS) is 11.8. The minimum absolute atomic E-state index is 0.0959. The second-order valence-corrected chi connectivity index (χ2v) is 8.16. The topological polar surface area (TPSA) is 81.4 Å². The Morgan fingerprint density at radius 2 is 1.86 bits per heavy atom. The van der Waals surface area contributed by atoms with Crippen LogP contribution in [-0.4, -0.2) is 28.0 Å². The van der Waals surface area contributed by atoms with Crippen LogP contribution in [0.4, 0.5) is 0 Å². The molecule has 29 heavy (non-hydrogen) atoms. The Bertz CT molecular complexity index is 1010. The molecular weight excluding hydrogens is 388 g/mol. The van der Waals surface area contributed by atoms with Crippen LogP contribution in [0.3, 0.4) is 0 Å². The van der Waals surface area contributed by atoms with Crippen LogP contribution in [0.25, 0.3) is 11.5 Å². The molecule has 1 aromatic heterocycles. The summed E-state index contributed by atoms with van der Waals surface area (Å²) in [4.78, 5) is 16.6. The first-order valence-electron chi connectivity index (χ1n) is 9.23. The largest absolute Gasteiger partial charge is 0.496 e. The molecule has 1 N–H and O–H groups in total. The minimum atomic E-state index is -1.39. The average molecular weight is 413 g/mol. The number of rotatable bonds is 8. The highest BCUT2D eigenvalue weighted by Gasteiger charge is 2.16. The lowest BCUT2D eigenvalue weighted by Crippen LogP contribution is -2.28. The van der Waals surface area contributed by atoms with Gasteiger partial charge in [0, 0.05) is 28.5 Å².